The molecule has 3 N–H and O–H groups in total. The molecule has 0 spiro atoms. The summed E-state index contributed by atoms with van der Waals surface area (Å²) in [7, 11) is 0. The van der Waals surface area contributed by atoms with Crippen molar-refractivity contribution in [1.29, 1.82) is 0 Å². The number of hydrogen-bond donors (Lipinski definition) is 2. The summed E-state index contributed by atoms with van der Waals surface area (Å²) in [6, 6.07) is 12.1. The third-order valence-corrected chi connectivity index (χ3v) is 5.32. The van der Waals surface area contributed by atoms with Gasteiger partial charge in [-0.25, -0.2) is 0 Å². The van der Waals surface area contributed by atoms with Crippen LogP contribution in [-0.4, -0.2) is 46.9 Å². The number of carbonyl (C=O) groups is 2. The number of pyridine rings is 1. The van der Waals surface area contributed by atoms with Crippen LogP contribution in [0.2, 0.25) is 0 Å². The van der Waals surface area contributed by atoms with E-state index in [2.05, 4.69) is 10.3 Å². The molecule has 3 atom stereocenters. The maximum absolute atomic E-state index is 13.3. The second-order valence-electron chi connectivity index (χ2n) is 7.50. The lowest BCUT2D eigenvalue weighted by atomic mass is 9.91. The van der Waals surface area contributed by atoms with E-state index >= 15 is 0 Å². The van der Waals surface area contributed by atoms with Crippen molar-refractivity contribution in [3.05, 3.63) is 66.0 Å². The smallest absolute Gasteiger partial charge is 0.251 e. The van der Waals surface area contributed by atoms with Gasteiger partial charge in [0, 0.05) is 43.5 Å². The third kappa shape index (κ3) is 5.16. The highest BCUT2D eigenvalue weighted by atomic mass is 16.2. The average molecular weight is 380 g/mol. The lowest BCUT2D eigenvalue weighted by molar-refractivity contribution is -0.135. The Bertz CT molecular complexity index is 780. The van der Waals surface area contributed by atoms with Gasteiger partial charge in [-0.3, -0.25) is 14.6 Å². The molecule has 3 unspecified atom stereocenters. The fourth-order valence-corrected chi connectivity index (χ4v) is 3.65. The van der Waals surface area contributed by atoms with Gasteiger partial charge in [0.2, 0.25) is 5.91 Å². The maximum atomic E-state index is 13.3. The van der Waals surface area contributed by atoms with Gasteiger partial charge in [0.1, 0.15) is 6.04 Å². The molecule has 0 aliphatic carbocycles. The van der Waals surface area contributed by atoms with E-state index in [-0.39, 0.29) is 17.9 Å². The molecule has 6 heteroatoms. The summed E-state index contributed by atoms with van der Waals surface area (Å²) in [4.78, 5) is 32.0. The summed E-state index contributed by atoms with van der Waals surface area (Å²) in [5.41, 5.74) is 7.52. The summed E-state index contributed by atoms with van der Waals surface area (Å²) < 4.78 is 0. The normalized spacial score (nSPS) is 18.9. The van der Waals surface area contributed by atoms with Gasteiger partial charge in [-0.05, 0) is 49.4 Å². The highest BCUT2D eigenvalue weighted by molar-refractivity contribution is 5.97. The maximum Gasteiger partial charge on any atom is 0.251 e. The second kappa shape index (κ2) is 9.46. The topological polar surface area (TPSA) is 88.3 Å². The largest absolute Gasteiger partial charge is 0.341 e. The zero-order chi connectivity index (χ0) is 19.9. The number of hydrogen-bond acceptors (Lipinski definition) is 4. The number of benzene rings is 1. The molecular formula is C22H28N4O2. The van der Waals surface area contributed by atoms with Gasteiger partial charge in [-0.2, -0.15) is 0 Å². The minimum Gasteiger partial charge on any atom is -0.341 e. The minimum absolute atomic E-state index is 0.0475. The van der Waals surface area contributed by atoms with Crippen LogP contribution in [0.15, 0.2) is 54.9 Å². The number of rotatable bonds is 6. The highest BCUT2D eigenvalue weighted by Crippen LogP contribution is 2.20. The third-order valence-electron chi connectivity index (χ3n) is 5.32. The van der Waals surface area contributed by atoms with E-state index in [1.807, 2.05) is 42.2 Å². The Hall–Kier alpha value is -2.73. The number of nitrogens with zero attached hydrogens (tertiary/aromatic N) is 2. The van der Waals surface area contributed by atoms with Gasteiger partial charge >= 0.3 is 0 Å². The van der Waals surface area contributed by atoms with Gasteiger partial charge in [0.25, 0.3) is 5.91 Å². The number of likely N-dealkylation sites (tertiary alicyclic amines) is 1. The van der Waals surface area contributed by atoms with Crippen LogP contribution in [-0.2, 0) is 11.2 Å². The molecule has 1 aromatic carbocycles. The van der Waals surface area contributed by atoms with Crippen molar-refractivity contribution in [1.82, 2.24) is 15.2 Å². The van der Waals surface area contributed by atoms with E-state index in [0.29, 0.717) is 31.0 Å². The monoisotopic (exact) mass is 380 g/mol. The van der Waals surface area contributed by atoms with Gasteiger partial charge in [0.15, 0.2) is 0 Å². The predicted molar refractivity (Wildman–Crippen MR) is 109 cm³/mol. The summed E-state index contributed by atoms with van der Waals surface area (Å²) in [6.45, 7) is 3.33. The van der Waals surface area contributed by atoms with Gasteiger partial charge in [0.05, 0.1) is 0 Å². The number of aromatic nitrogens is 1. The number of amides is 2. The molecule has 1 aromatic heterocycles. The molecule has 1 saturated heterocycles. The fourth-order valence-electron chi connectivity index (χ4n) is 3.65. The fraction of sp³-hybridized carbons (Fsp3) is 0.409. The first-order valence-corrected chi connectivity index (χ1v) is 9.84. The molecule has 1 aliphatic heterocycles. The molecule has 148 valence electrons. The molecule has 0 bridgehead atoms. The first-order chi connectivity index (χ1) is 13.5. The molecule has 0 radical (unpaired) electrons. The molecule has 28 heavy (non-hydrogen) atoms. The van der Waals surface area contributed by atoms with Crippen molar-refractivity contribution < 1.29 is 9.59 Å². The zero-order valence-corrected chi connectivity index (χ0v) is 16.3. The van der Waals surface area contributed by atoms with E-state index < -0.39 is 6.04 Å². The number of nitrogens with one attached hydrogen (secondary N) is 1. The Morgan fingerprint density at radius 1 is 1.25 bits per heavy atom. The Labute approximate surface area is 166 Å². The lowest BCUT2D eigenvalue weighted by Gasteiger charge is -2.36. The van der Waals surface area contributed by atoms with Gasteiger partial charge in [-0.1, -0.05) is 24.3 Å². The summed E-state index contributed by atoms with van der Waals surface area (Å²) in [5, 5.41) is 2.93. The highest BCUT2D eigenvalue weighted by Gasteiger charge is 2.31. The van der Waals surface area contributed by atoms with Crippen molar-refractivity contribution in [2.75, 3.05) is 13.1 Å². The Kier molecular flexibility index (Phi) is 6.76. The van der Waals surface area contributed by atoms with E-state index in [1.54, 1.807) is 24.5 Å². The second-order valence-corrected chi connectivity index (χ2v) is 7.50. The molecule has 0 saturated carbocycles. The van der Waals surface area contributed by atoms with Crippen LogP contribution >= 0.6 is 0 Å². The standard InChI is InChI=1S/C22H28N4O2/c1-16(23)19-10-6-12-26(15-19)22(28)20(13-17-7-5-11-24-14-17)25-21(27)18-8-3-2-4-9-18/h2-5,7-9,11,14,16,19-20H,6,10,12-13,15,23H2,1H3,(H,25,27). The van der Waals surface area contributed by atoms with Crippen LogP contribution in [0.3, 0.4) is 0 Å². The molecule has 2 amide bonds. The van der Waals surface area contributed by atoms with Crippen LogP contribution in [0, 0.1) is 5.92 Å². The van der Waals surface area contributed by atoms with Gasteiger partial charge < -0.3 is 16.0 Å². The zero-order valence-electron chi connectivity index (χ0n) is 16.3. The first kappa shape index (κ1) is 20.0. The Balaban J connectivity index is 1.77. The molecule has 1 fully saturated rings. The SMILES string of the molecule is CC(N)C1CCCN(C(=O)C(Cc2cccnc2)NC(=O)c2ccccc2)C1. The lowest BCUT2D eigenvalue weighted by Crippen LogP contribution is -2.53. The summed E-state index contributed by atoms with van der Waals surface area (Å²) in [6.07, 6.45) is 5.80. The van der Waals surface area contributed by atoms with Crippen molar-refractivity contribution >= 4 is 11.8 Å². The van der Waals surface area contributed by atoms with E-state index in [4.69, 9.17) is 5.73 Å². The molecule has 3 rings (SSSR count). The predicted octanol–water partition coefficient (Wildman–Crippen LogP) is 2.01. The summed E-state index contributed by atoms with van der Waals surface area (Å²) >= 11 is 0. The molecule has 6 nitrogen and oxygen atoms in total. The van der Waals surface area contributed by atoms with Crippen molar-refractivity contribution in [3.63, 3.8) is 0 Å². The van der Waals surface area contributed by atoms with E-state index in [9.17, 15) is 9.59 Å². The number of piperidine rings is 1. The quantitative estimate of drug-likeness (QED) is 0.802. The Morgan fingerprint density at radius 2 is 2.04 bits per heavy atom. The van der Waals surface area contributed by atoms with Crippen LogP contribution < -0.4 is 11.1 Å². The van der Waals surface area contributed by atoms with Crippen molar-refractivity contribution in [2.24, 2.45) is 11.7 Å². The average Bonchev–Trinajstić information content (AvgIpc) is 2.74. The Morgan fingerprint density at radius 3 is 2.71 bits per heavy atom. The molecule has 1 aliphatic rings. The summed E-state index contributed by atoms with van der Waals surface area (Å²) in [5.74, 6) is -0.0105. The molecule has 2 aromatic rings. The van der Waals surface area contributed by atoms with Crippen LogP contribution in [0.25, 0.3) is 0 Å². The number of nitrogens with two attached hydrogens (primary N) is 1. The van der Waals surface area contributed by atoms with Crippen molar-refractivity contribution in [2.45, 2.75) is 38.3 Å². The molecular weight excluding hydrogens is 352 g/mol. The van der Waals surface area contributed by atoms with E-state index in [0.717, 1.165) is 18.4 Å². The number of carbonyl (C=O) groups excluding carboxylic acids is 2. The first-order valence-electron chi connectivity index (χ1n) is 9.84. The minimum atomic E-state index is -0.635. The van der Waals surface area contributed by atoms with Crippen LogP contribution in [0.4, 0.5) is 0 Å². The van der Waals surface area contributed by atoms with Crippen LogP contribution in [0.1, 0.15) is 35.7 Å². The van der Waals surface area contributed by atoms with E-state index in [1.165, 1.54) is 0 Å². The van der Waals surface area contributed by atoms with Crippen LogP contribution in [0.5, 0.6) is 0 Å². The van der Waals surface area contributed by atoms with Gasteiger partial charge in [-0.15, -0.1) is 0 Å². The molecule has 2 heterocycles. The van der Waals surface area contributed by atoms with Crippen molar-refractivity contribution in [3.8, 4) is 0 Å².